The summed E-state index contributed by atoms with van der Waals surface area (Å²) in [4.78, 5) is 3.54. The predicted octanol–water partition coefficient (Wildman–Crippen LogP) is 3.41. The molecule has 0 aromatic heterocycles. The van der Waals surface area contributed by atoms with Gasteiger partial charge in [-0.15, -0.1) is 0 Å². The van der Waals surface area contributed by atoms with Gasteiger partial charge in [-0.2, -0.15) is 0 Å². The van der Waals surface area contributed by atoms with Crippen molar-refractivity contribution in [3.8, 4) is 0 Å². The molecule has 0 spiro atoms. The van der Waals surface area contributed by atoms with Gasteiger partial charge in [0.1, 0.15) is 0 Å². The molecule has 0 saturated carbocycles. The zero-order valence-electron chi connectivity index (χ0n) is 18.2. The van der Waals surface area contributed by atoms with Crippen LogP contribution in [0, 0.1) is 17.8 Å². The van der Waals surface area contributed by atoms with E-state index < -0.39 is 13.9 Å². The van der Waals surface area contributed by atoms with Crippen molar-refractivity contribution in [2.24, 2.45) is 22.6 Å². The Labute approximate surface area is 166 Å². The Morgan fingerprint density at radius 1 is 1.22 bits per heavy atom. The van der Waals surface area contributed by atoms with Crippen LogP contribution in [0.1, 0.15) is 54.4 Å². The summed E-state index contributed by atoms with van der Waals surface area (Å²) in [6.07, 6.45) is 0.916. The number of phosphoric acid groups is 1. The summed E-state index contributed by atoms with van der Waals surface area (Å²) >= 11 is 0. The molecular weight excluding hydrogens is 367 g/mol. The fraction of sp³-hybridized carbons (Fsp3) is 1.00. The molecule has 1 radical (unpaired) electrons. The van der Waals surface area contributed by atoms with Crippen LogP contribution in [0.4, 0.5) is 0 Å². The fourth-order valence-electron chi connectivity index (χ4n) is 3.92. The van der Waals surface area contributed by atoms with Crippen LogP contribution < -0.4 is 0 Å². The van der Waals surface area contributed by atoms with E-state index in [0.29, 0.717) is 18.3 Å². The van der Waals surface area contributed by atoms with Crippen molar-refractivity contribution in [3.63, 3.8) is 0 Å². The average Bonchev–Trinajstić information content (AvgIpc) is 3.16. The van der Waals surface area contributed by atoms with Gasteiger partial charge in [0, 0.05) is 0 Å². The van der Waals surface area contributed by atoms with Gasteiger partial charge in [0.15, 0.2) is 0 Å². The van der Waals surface area contributed by atoms with Gasteiger partial charge in [-0.1, -0.05) is 0 Å². The fourth-order valence-corrected chi connectivity index (χ4v) is 5.13. The Bertz CT molecular complexity index is 570. The van der Waals surface area contributed by atoms with Crippen molar-refractivity contribution >= 4 is 23.0 Å². The van der Waals surface area contributed by atoms with Crippen LogP contribution in [-0.2, 0) is 27.5 Å². The van der Waals surface area contributed by atoms with Crippen molar-refractivity contribution in [1.29, 1.82) is 1.34 Å². The summed E-state index contributed by atoms with van der Waals surface area (Å²) in [6.45, 7) is 12.5. The first-order valence-corrected chi connectivity index (χ1v) is 11.2. The molecule has 2 saturated heterocycles. The summed E-state index contributed by atoms with van der Waals surface area (Å²) < 4.78 is 48.9. The molecule has 0 aliphatic carbocycles. The predicted molar refractivity (Wildman–Crippen MR) is 106 cm³/mol. The van der Waals surface area contributed by atoms with Gasteiger partial charge in [-0.3, -0.25) is 0 Å². The Morgan fingerprint density at radius 2 is 1.93 bits per heavy atom. The van der Waals surface area contributed by atoms with E-state index >= 15 is 0 Å². The second kappa shape index (κ2) is 10.0. The quantitative estimate of drug-likeness (QED) is 0.413. The molecule has 0 amide bonds. The van der Waals surface area contributed by atoms with Crippen molar-refractivity contribution < 1.29 is 27.5 Å². The molecule has 0 N–H and O–H groups in total. The van der Waals surface area contributed by atoms with E-state index in [-0.39, 0.29) is 36.9 Å². The van der Waals surface area contributed by atoms with Gasteiger partial charge in [-0.05, 0) is 0 Å². The summed E-state index contributed by atoms with van der Waals surface area (Å²) in [6, 6.07) is 0. The van der Waals surface area contributed by atoms with E-state index in [2.05, 4.69) is 18.7 Å². The van der Waals surface area contributed by atoms with E-state index in [1.807, 2.05) is 27.7 Å². The van der Waals surface area contributed by atoms with Gasteiger partial charge in [0.05, 0.1) is 0 Å². The number of hydrogen-bond acceptors (Lipinski definition) is 7. The van der Waals surface area contributed by atoms with Crippen molar-refractivity contribution in [1.82, 2.24) is 0 Å². The first kappa shape index (κ1) is 21.5. The maximum atomic E-state index is 13.3. The maximum absolute atomic E-state index is 13.3. The summed E-state index contributed by atoms with van der Waals surface area (Å²) in [5.41, 5.74) is 0. The number of hydrogen-bond donors (Lipinski definition) is 0. The third-order valence-corrected chi connectivity index (χ3v) is 6.57. The zero-order chi connectivity index (χ0) is 20.9. The molecule has 2 aliphatic rings. The summed E-state index contributed by atoms with van der Waals surface area (Å²) in [5.74, 6) is 0.938. The van der Waals surface area contributed by atoms with Crippen LogP contribution in [0.5, 0.6) is 0 Å². The average molecular weight is 401 g/mol. The van der Waals surface area contributed by atoms with E-state index in [1.165, 1.54) is 0 Å². The monoisotopic (exact) mass is 401 g/mol. The van der Waals surface area contributed by atoms with Crippen LogP contribution in [-0.4, -0.2) is 53.7 Å². The van der Waals surface area contributed by atoms with E-state index in [4.69, 9.17) is 24.3 Å². The SMILES string of the molecule is [2H][B]N=BOP(=O)(OC[C@H]1O[C@@H](C)C[C@H]1C(C)C)O[C@@H]1C[C@H](C)O[C@@H]1C(C)C. The molecule has 2 aliphatic heterocycles. The molecular formula is C17H33B2NO6P. The third-order valence-electron chi connectivity index (χ3n) is 5.22. The Kier molecular flexibility index (Phi) is 7.98. The van der Waals surface area contributed by atoms with E-state index in [0.717, 1.165) is 21.6 Å². The number of nitrogens with zero attached hydrogens (tertiary/aromatic N) is 1. The van der Waals surface area contributed by atoms with Gasteiger partial charge in [-0.25, -0.2) is 0 Å². The van der Waals surface area contributed by atoms with Crippen LogP contribution in [0.15, 0.2) is 4.81 Å². The van der Waals surface area contributed by atoms with Crippen molar-refractivity contribution in [3.05, 3.63) is 0 Å². The summed E-state index contributed by atoms with van der Waals surface area (Å²) in [7, 11) is -2.23. The van der Waals surface area contributed by atoms with Crippen LogP contribution in [0.2, 0.25) is 0 Å². The number of ether oxygens (including phenoxy) is 2. The van der Waals surface area contributed by atoms with Crippen molar-refractivity contribution in [2.45, 2.75) is 84.9 Å². The molecule has 2 rings (SSSR count). The van der Waals surface area contributed by atoms with Crippen LogP contribution >= 0.6 is 7.82 Å². The third kappa shape index (κ3) is 6.40. The molecule has 27 heavy (non-hydrogen) atoms. The molecule has 0 aromatic rings. The molecule has 2 heterocycles. The second-order valence-corrected chi connectivity index (χ2v) is 9.84. The topological polar surface area (TPSA) is 75.6 Å². The molecule has 7 atom stereocenters. The molecule has 7 nitrogen and oxygen atoms in total. The molecule has 0 aromatic carbocycles. The standard InChI is InChI=1S/C17H33B2NO6P/c1-10(2)14-7-12(5)23-16(14)9-22-27(21,26-19-20-18)25-15-8-13(6)24-17(15)11(3)4/h10-18H,7-9H2,1-6H3/t12-,13-,14-,15+,16+,17+,27?/m0/s1/i18D. The number of rotatable bonds is 10. The molecule has 10 heteroatoms. The Morgan fingerprint density at radius 3 is 2.56 bits per heavy atom. The molecule has 0 bridgehead atoms. The van der Waals surface area contributed by atoms with Gasteiger partial charge < -0.3 is 0 Å². The van der Waals surface area contributed by atoms with Gasteiger partial charge in [0.25, 0.3) is 0 Å². The van der Waals surface area contributed by atoms with Gasteiger partial charge in [0.2, 0.25) is 0 Å². The number of phosphoric ester groups is 1. The molecule has 153 valence electrons. The minimum absolute atomic E-state index is 0.00503. The first-order chi connectivity index (χ1) is 13.1. The minimum atomic E-state index is -3.94. The normalized spacial score (nSPS) is 36.8. The Balaban J connectivity index is 2.07. The molecule has 1 unspecified atom stereocenters. The first-order valence-electron chi connectivity index (χ1n) is 10.4. The second-order valence-electron chi connectivity index (χ2n) is 8.27. The Hall–Kier alpha value is -0.200. The zero-order valence-corrected chi connectivity index (χ0v) is 18.1. The van der Waals surface area contributed by atoms with Crippen molar-refractivity contribution in [2.75, 3.05) is 6.61 Å². The van der Waals surface area contributed by atoms with Gasteiger partial charge >= 0.3 is 166 Å². The molecule has 2 fully saturated rings. The summed E-state index contributed by atoms with van der Waals surface area (Å²) in [5, 5.41) is 0. The van der Waals surface area contributed by atoms with Crippen LogP contribution in [0.3, 0.4) is 0 Å². The van der Waals surface area contributed by atoms with E-state index in [9.17, 15) is 4.57 Å². The van der Waals surface area contributed by atoms with Crippen LogP contribution in [0.25, 0.3) is 0 Å². The van der Waals surface area contributed by atoms with E-state index in [1.54, 1.807) is 0 Å².